The van der Waals surface area contributed by atoms with Crippen LogP contribution in [0.4, 0.5) is 0 Å². The molecule has 1 atom stereocenters. The molecule has 0 bridgehead atoms. The molecule has 0 saturated carbocycles. The Morgan fingerprint density at radius 2 is 1.31 bits per heavy atom. The summed E-state index contributed by atoms with van der Waals surface area (Å²) in [5.74, 6) is 1.30. The molecule has 0 rings (SSSR count). The summed E-state index contributed by atoms with van der Waals surface area (Å²) in [4.78, 5) is -0.0202. The Balaban J connectivity index is 5.43. The van der Waals surface area contributed by atoms with Crippen LogP contribution in [-0.2, 0) is 8.85 Å². The van der Waals surface area contributed by atoms with Gasteiger partial charge in [-0.05, 0) is 84.1 Å². The summed E-state index contributed by atoms with van der Waals surface area (Å²) in [6.45, 7) is 23.3. The van der Waals surface area contributed by atoms with Gasteiger partial charge in [0, 0.05) is 0 Å². The Labute approximate surface area is 169 Å². The van der Waals surface area contributed by atoms with Crippen molar-refractivity contribution in [2.24, 2.45) is 0 Å². The van der Waals surface area contributed by atoms with Gasteiger partial charge in [0.05, 0.1) is 10.2 Å². The summed E-state index contributed by atoms with van der Waals surface area (Å²) in [5, 5.41) is -0.160. The van der Waals surface area contributed by atoms with Crippen LogP contribution in [0, 0.1) is 0 Å². The highest BCUT2D eigenvalue weighted by Gasteiger charge is 2.50. The van der Waals surface area contributed by atoms with Crippen LogP contribution in [0.2, 0.25) is 32.2 Å². The second-order valence-corrected chi connectivity index (χ2v) is 23.2. The number of hydrogen-bond donors (Lipinski definition) is 0. The number of rotatable bonds is 13. The fraction of sp³-hybridized carbons (Fsp3) is 1.00. The van der Waals surface area contributed by atoms with Crippen molar-refractivity contribution in [3.8, 4) is 0 Å². The van der Waals surface area contributed by atoms with Gasteiger partial charge >= 0.3 is 0 Å². The Kier molecular flexibility index (Phi) is 10.2. The van der Waals surface area contributed by atoms with Gasteiger partial charge in [0.15, 0.2) is 8.32 Å². The van der Waals surface area contributed by atoms with Crippen molar-refractivity contribution in [2.75, 3.05) is 18.3 Å². The van der Waals surface area contributed by atoms with Crippen LogP contribution in [0.1, 0.15) is 73.6 Å². The average molecular weight is 423 g/mol. The second kappa shape index (κ2) is 9.95. The maximum Gasteiger partial charge on any atom is 0.217 e. The Hall–Kier alpha value is 0.704. The lowest BCUT2D eigenvalue weighted by molar-refractivity contribution is 0.0959. The molecule has 0 amide bonds. The normalized spacial score (nSPS) is 17.2. The van der Waals surface area contributed by atoms with Crippen LogP contribution < -0.4 is 0 Å². The largest absolute Gasteiger partial charge is 0.412 e. The zero-order chi connectivity index (χ0) is 20.9. The van der Waals surface area contributed by atoms with Gasteiger partial charge in [0.2, 0.25) is 8.32 Å². The third-order valence-corrected chi connectivity index (χ3v) is 17.4. The van der Waals surface area contributed by atoms with Crippen LogP contribution in [0.25, 0.3) is 0 Å². The Morgan fingerprint density at radius 1 is 0.808 bits per heavy atom. The third kappa shape index (κ3) is 7.27. The zero-order valence-electron chi connectivity index (χ0n) is 20.2. The first-order chi connectivity index (χ1) is 11.6. The van der Waals surface area contributed by atoms with E-state index in [-0.39, 0.29) is 10.2 Å². The van der Waals surface area contributed by atoms with Gasteiger partial charge in [-0.25, -0.2) is 10.0 Å². The summed E-state index contributed by atoms with van der Waals surface area (Å²) < 4.78 is 14.0. The van der Waals surface area contributed by atoms with Gasteiger partial charge < -0.3 is 8.85 Å². The molecule has 26 heavy (non-hydrogen) atoms. The molecule has 0 aromatic carbocycles. The van der Waals surface area contributed by atoms with E-state index in [0.717, 1.165) is 6.42 Å². The van der Waals surface area contributed by atoms with E-state index in [2.05, 4.69) is 80.2 Å². The molecule has 160 valence electrons. The number of hydrogen-bond acceptors (Lipinski definition) is 2. The van der Waals surface area contributed by atoms with Crippen LogP contribution in [-0.4, -0.2) is 45.1 Å². The predicted octanol–water partition coefficient (Wildman–Crippen LogP) is 7.54. The van der Waals surface area contributed by atoms with Crippen LogP contribution in [0.5, 0.6) is 0 Å². The van der Waals surface area contributed by atoms with E-state index < -0.39 is 26.7 Å². The fourth-order valence-corrected chi connectivity index (χ4v) is 13.1. The maximum absolute atomic E-state index is 7.12. The second-order valence-electron chi connectivity index (χ2n) is 10.2. The fourth-order valence-electron chi connectivity index (χ4n) is 3.43. The minimum atomic E-state index is -2.05. The monoisotopic (exact) mass is 422 g/mol. The first kappa shape index (κ1) is 26.7. The standard InChI is InChI=1S/C21H50O2SSi2/c1-13-16-18-24(7,8)21(6,15-3)23-26(11,12)20(4,5)22-25(9,10)19-17-14-2/h13-19H2,1-12H3. The summed E-state index contributed by atoms with van der Waals surface area (Å²) in [5.41, 5.74) is 0. The Bertz CT molecular complexity index is 422. The molecular formula is C21H50O2SSi2. The quantitative estimate of drug-likeness (QED) is 0.285. The zero-order valence-corrected chi connectivity index (χ0v) is 23.0. The molecule has 1 unspecified atom stereocenters. The molecule has 5 heteroatoms. The molecule has 0 heterocycles. The molecule has 0 saturated heterocycles. The first-order valence-corrected chi connectivity index (χ1v) is 19.3. The van der Waals surface area contributed by atoms with Gasteiger partial charge in [0.25, 0.3) is 0 Å². The summed E-state index contributed by atoms with van der Waals surface area (Å²) >= 11 is 0. The van der Waals surface area contributed by atoms with Crippen LogP contribution in [0.3, 0.4) is 0 Å². The highest BCUT2D eigenvalue weighted by Crippen LogP contribution is 2.57. The molecule has 0 aromatic heterocycles. The lowest BCUT2D eigenvalue weighted by atomic mass is 10.3. The molecule has 0 N–H and O–H groups in total. The van der Waals surface area contributed by atoms with E-state index in [1.807, 2.05) is 0 Å². The van der Waals surface area contributed by atoms with Crippen molar-refractivity contribution >= 4 is 26.7 Å². The van der Waals surface area contributed by atoms with E-state index >= 15 is 0 Å². The van der Waals surface area contributed by atoms with Crippen molar-refractivity contribution in [2.45, 2.75) is 116 Å². The Morgan fingerprint density at radius 3 is 1.73 bits per heavy atom. The molecule has 0 aromatic rings. The summed E-state index contributed by atoms with van der Waals surface area (Å²) in [7, 11) is -4.53. The van der Waals surface area contributed by atoms with Gasteiger partial charge in [-0.15, -0.1) is 0 Å². The molecule has 0 spiro atoms. The van der Waals surface area contributed by atoms with Crippen molar-refractivity contribution < 1.29 is 8.85 Å². The molecule has 0 aliphatic rings. The first-order valence-electron chi connectivity index (χ1n) is 10.7. The van der Waals surface area contributed by atoms with Gasteiger partial charge in [-0.1, -0.05) is 40.0 Å². The van der Waals surface area contributed by atoms with E-state index in [4.69, 9.17) is 8.85 Å². The summed E-state index contributed by atoms with van der Waals surface area (Å²) in [6.07, 6.45) is 11.1. The molecular weight excluding hydrogens is 372 g/mol. The minimum absolute atomic E-state index is 0.0202. The van der Waals surface area contributed by atoms with Gasteiger partial charge in [0.1, 0.15) is 0 Å². The van der Waals surface area contributed by atoms with E-state index in [0.29, 0.717) is 0 Å². The van der Waals surface area contributed by atoms with Crippen molar-refractivity contribution in [3.63, 3.8) is 0 Å². The molecule has 0 aliphatic heterocycles. The third-order valence-electron chi connectivity index (χ3n) is 6.40. The average Bonchev–Trinajstić information content (AvgIpc) is 2.49. The van der Waals surface area contributed by atoms with E-state index in [9.17, 15) is 0 Å². The maximum atomic E-state index is 7.12. The molecule has 2 nitrogen and oxygen atoms in total. The predicted molar refractivity (Wildman–Crippen MR) is 129 cm³/mol. The SMILES string of the molecule is CCCC[Si](C)(C)OC(C)(C)[Si](C)(C)OC(C)(CC)S(C)(C)CCCC. The summed E-state index contributed by atoms with van der Waals surface area (Å²) in [6, 6.07) is 1.25. The van der Waals surface area contributed by atoms with Crippen LogP contribution >= 0.6 is 10.0 Å². The molecule has 0 radical (unpaired) electrons. The lowest BCUT2D eigenvalue weighted by Crippen LogP contribution is -2.62. The minimum Gasteiger partial charge on any atom is -0.412 e. The van der Waals surface area contributed by atoms with E-state index in [1.54, 1.807) is 0 Å². The van der Waals surface area contributed by atoms with Crippen molar-refractivity contribution in [3.05, 3.63) is 0 Å². The van der Waals surface area contributed by atoms with Crippen molar-refractivity contribution in [1.82, 2.24) is 0 Å². The smallest absolute Gasteiger partial charge is 0.217 e. The van der Waals surface area contributed by atoms with E-state index in [1.165, 1.54) is 37.5 Å². The topological polar surface area (TPSA) is 18.5 Å². The number of unbranched alkanes of at least 4 members (excludes halogenated alkanes) is 2. The van der Waals surface area contributed by atoms with Crippen LogP contribution in [0.15, 0.2) is 0 Å². The molecule has 0 fully saturated rings. The van der Waals surface area contributed by atoms with Crippen molar-refractivity contribution in [1.29, 1.82) is 0 Å². The van der Waals surface area contributed by atoms with Gasteiger partial charge in [-0.2, -0.15) is 0 Å². The molecule has 0 aliphatic carbocycles. The highest BCUT2D eigenvalue weighted by atomic mass is 32.3. The van der Waals surface area contributed by atoms with Gasteiger partial charge in [-0.3, -0.25) is 0 Å². The highest BCUT2D eigenvalue weighted by molar-refractivity contribution is 8.33. The lowest BCUT2D eigenvalue weighted by Gasteiger charge is -2.55.